The summed E-state index contributed by atoms with van der Waals surface area (Å²) in [5.74, 6) is 0. The van der Waals surface area contributed by atoms with E-state index in [1.165, 1.54) is 36.9 Å². The molecule has 1 aliphatic rings. The fourth-order valence-corrected chi connectivity index (χ4v) is 2.65. The van der Waals surface area contributed by atoms with Crippen LogP contribution in [0.1, 0.15) is 78.9 Å². The molecule has 1 fully saturated rings. The van der Waals surface area contributed by atoms with Crippen molar-refractivity contribution in [1.29, 1.82) is 0 Å². The molecular weight excluding hydrogens is 382 g/mol. The molecule has 0 atom stereocenters. The predicted molar refractivity (Wildman–Crippen MR) is 137 cm³/mol. The Hall–Kier alpha value is -1.78. The summed E-state index contributed by atoms with van der Waals surface area (Å²) in [5, 5.41) is 0. The zero-order valence-electron chi connectivity index (χ0n) is 21.4. The molecule has 0 amide bonds. The third-order valence-electron chi connectivity index (χ3n) is 4.32. The molecule has 0 aromatic carbocycles. The van der Waals surface area contributed by atoms with Crippen LogP contribution in [0, 0.1) is 0 Å². The van der Waals surface area contributed by atoms with Crippen molar-refractivity contribution in [2.24, 2.45) is 0 Å². The molecule has 0 radical (unpaired) electrons. The molecule has 2 aromatic heterocycles. The Kier molecular flexibility index (Phi) is 26.6. The van der Waals surface area contributed by atoms with Gasteiger partial charge in [-0.25, -0.2) is 0 Å². The largest absolute Gasteiger partial charge is 0.379 e. The van der Waals surface area contributed by atoms with Crippen LogP contribution in [0.2, 0.25) is 0 Å². The molecule has 0 spiro atoms. The summed E-state index contributed by atoms with van der Waals surface area (Å²) in [4.78, 5) is 10.4. The minimum absolute atomic E-state index is 0.934. The maximum atomic E-state index is 5.24. The van der Waals surface area contributed by atoms with Gasteiger partial charge < -0.3 is 4.74 Å². The molecule has 4 nitrogen and oxygen atoms in total. The van der Waals surface area contributed by atoms with Crippen LogP contribution in [0.4, 0.5) is 0 Å². The van der Waals surface area contributed by atoms with E-state index in [1.807, 2.05) is 52.2 Å². The summed E-state index contributed by atoms with van der Waals surface area (Å²) < 4.78 is 5.24. The summed E-state index contributed by atoms with van der Waals surface area (Å²) in [6.45, 7) is 19.9. The summed E-state index contributed by atoms with van der Waals surface area (Å²) in [6, 6.07) is 8.12. The number of morpholine rings is 1. The van der Waals surface area contributed by atoms with E-state index in [9.17, 15) is 0 Å². The Labute approximate surface area is 193 Å². The maximum Gasteiger partial charge on any atom is 0.0594 e. The van der Waals surface area contributed by atoms with Crippen molar-refractivity contribution in [3.63, 3.8) is 0 Å². The summed E-state index contributed by atoms with van der Waals surface area (Å²) in [6.07, 6.45) is 13.5. The van der Waals surface area contributed by atoms with E-state index < -0.39 is 0 Å². The Morgan fingerprint density at radius 3 is 1.74 bits per heavy atom. The van der Waals surface area contributed by atoms with E-state index in [1.54, 1.807) is 12.4 Å². The van der Waals surface area contributed by atoms with Gasteiger partial charge in [0.05, 0.1) is 13.2 Å². The van der Waals surface area contributed by atoms with Crippen molar-refractivity contribution in [3.8, 4) is 0 Å². The van der Waals surface area contributed by atoms with Gasteiger partial charge in [-0.3, -0.25) is 14.9 Å². The minimum atomic E-state index is 0.934. The van der Waals surface area contributed by atoms with Crippen LogP contribution >= 0.6 is 0 Å². The fourth-order valence-electron chi connectivity index (χ4n) is 2.65. The van der Waals surface area contributed by atoms with Gasteiger partial charge in [0.1, 0.15) is 0 Å². The van der Waals surface area contributed by atoms with Crippen LogP contribution in [0.25, 0.3) is 0 Å². The van der Waals surface area contributed by atoms with Crippen LogP contribution in [-0.2, 0) is 17.6 Å². The standard InChI is InChI=1S/C8H17NO.C8H11N.C7H9N.2C2H6/c1-2-3-4-9-5-7-10-8-6-9;1-2-4-8-5-3-6-9-7-8;1-2-7-4-3-5-8-6-7;2*1-2/h2-8H2,1H3;3,5-7H,2,4H2,1H3;3-6H,2H2,1H3;2*1-2H3. The highest BCUT2D eigenvalue weighted by atomic mass is 16.5. The second-order valence-electron chi connectivity index (χ2n) is 6.63. The monoisotopic (exact) mass is 431 g/mol. The average Bonchev–Trinajstić information content (AvgIpc) is 2.88. The number of aryl methyl sites for hydroxylation is 2. The molecular formula is C27H49N3O. The SMILES string of the molecule is CC.CC.CCCCN1CCOCC1.CCCc1cccnc1.CCc1cccnc1. The maximum absolute atomic E-state index is 5.24. The fraction of sp³-hybridized carbons (Fsp3) is 0.630. The van der Waals surface area contributed by atoms with Crippen molar-refractivity contribution >= 4 is 0 Å². The van der Waals surface area contributed by atoms with Crippen molar-refractivity contribution in [2.45, 2.75) is 80.6 Å². The van der Waals surface area contributed by atoms with Gasteiger partial charge in [-0.2, -0.15) is 0 Å². The molecule has 1 saturated heterocycles. The molecule has 0 saturated carbocycles. The molecule has 2 aromatic rings. The van der Waals surface area contributed by atoms with Crippen LogP contribution in [0.15, 0.2) is 49.1 Å². The van der Waals surface area contributed by atoms with Gasteiger partial charge in [0.25, 0.3) is 0 Å². The molecule has 0 aliphatic carbocycles. The van der Waals surface area contributed by atoms with E-state index in [-0.39, 0.29) is 0 Å². The van der Waals surface area contributed by atoms with Gasteiger partial charge in [0, 0.05) is 37.9 Å². The van der Waals surface area contributed by atoms with Crippen LogP contribution in [0.3, 0.4) is 0 Å². The molecule has 0 N–H and O–H groups in total. The Morgan fingerprint density at radius 2 is 1.35 bits per heavy atom. The summed E-state index contributed by atoms with van der Waals surface area (Å²) in [7, 11) is 0. The minimum Gasteiger partial charge on any atom is -0.379 e. The third kappa shape index (κ3) is 19.9. The van der Waals surface area contributed by atoms with Gasteiger partial charge in [-0.05, 0) is 49.1 Å². The Morgan fingerprint density at radius 1 is 0.806 bits per heavy atom. The lowest BCUT2D eigenvalue weighted by atomic mass is 10.2. The number of ether oxygens (including phenoxy) is 1. The van der Waals surface area contributed by atoms with E-state index in [4.69, 9.17) is 4.74 Å². The highest BCUT2D eigenvalue weighted by molar-refractivity contribution is 5.08. The highest BCUT2D eigenvalue weighted by Gasteiger charge is 2.07. The van der Waals surface area contributed by atoms with Gasteiger partial charge >= 0.3 is 0 Å². The molecule has 0 unspecified atom stereocenters. The van der Waals surface area contributed by atoms with Crippen LogP contribution < -0.4 is 0 Å². The first kappa shape index (κ1) is 31.4. The molecule has 1 aliphatic heterocycles. The lowest BCUT2D eigenvalue weighted by Gasteiger charge is -2.26. The Balaban J connectivity index is 0. The van der Waals surface area contributed by atoms with Crippen LogP contribution in [-0.4, -0.2) is 47.7 Å². The van der Waals surface area contributed by atoms with Crippen LogP contribution in [0.5, 0.6) is 0 Å². The van der Waals surface area contributed by atoms with E-state index >= 15 is 0 Å². The summed E-state index contributed by atoms with van der Waals surface area (Å²) in [5.41, 5.74) is 2.63. The van der Waals surface area contributed by atoms with Crippen molar-refractivity contribution in [2.75, 3.05) is 32.8 Å². The van der Waals surface area contributed by atoms with Crippen molar-refractivity contribution < 1.29 is 4.74 Å². The zero-order chi connectivity index (χ0) is 23.6. The second-order valence-corrected chi connectivity index (χ2v) is 6.63. The first-order valence-corrected chi connectivity index (χ1v) is 12.4. The molecule has 4 heteroatoms. The van der Waals surface area contributed by atoms with E-state index in [0.29, 0.717) is 0 Å². The number of rotatable bonds is 6. The first-order valence-electron chi connectivity index (χ1n) is 12.4. The second kappa shape index (κ2) is 26.3. The topological polar surface area (TPSA) is 38.2 Å². The highest BCUT2D eigenvalue weighted by Crippen LogP contribution is 1.99. The number of hydrogen-bond donors (Lipinski definition) is 0. The van der Waals surface area contributed by atoms with Gasteiger partial charge in [-0.15, -0.1) is 0 Å². The quantitative estimate of drug-likeness (QED) is 0.501. The van der Waals surface area contributed by atoms with Crippen molar-refractivity contribution in [1.82, 2.24) is 14.9 Å². The van der Waals surface area contributed by atoms with Gasteiger partial charge in [-0.1, -0.05) is 73.4 Å². The van der Waals surface area contributed by atoms with E-state index in [0.717, 1.165) is 39.1 Å². The molecule has 31 heavy (non-hydrogen) atoms. The number of hydrogen-bond acceptors (Lipinski definition) is 4. The van der Waals surface area contributed by atoms with Crippen molar-refractivity contribution in [3.05, 3.63) is 60.2 Å². The van der Waals surface area contributed by atoms with Gasteiger partial charge in [0.2, 0.25) is 0 Å². The first-order chi connectivity index (χ1) is 15.3. The smallest absolute Gasteiger partial charge is 0.0594 e. The zero-order valence-corrected chi connectivity index (χ0v) is 21.4. The van der Waals surface area contributed by atoms with E-state index in [2.05, 4.69) is 47.8 Å². The lowest BCUT2D eigenvalue weighted by Crippen LogP contribution is -2.36. The average molecular weight is 432 g/mol. The number of pyridine rings is 2. The number of nitrogens with zero attached hydrogens (tertiary/aromatic N) is 3. The molecule has 3 rings (SSSR count). The predicted octanol–water partition coefficient (Wildman–Crippen LogP) is 6.85. The number of unbranched alkanes of at least 4 members (excludes halogenated alkanes) is 1. The normalized spacial score (nSPS) is 12.4. The molecule has 3 heterocycles. The lowest BCUT2D eigenvalue weighted by molar-refractivity contribution is 0.0373. The summed E-state index contributed by atoms with van der Waals surface area (Å²) >= 11 is 0. The Bertz CT molecular complexity index is 543. The molecule has 178 valence electrons. The number of aromatic nitrogens is 2. The molecule has 0 bridgehead atoms. The van der Waals surface area contributed by atoms with Gasteiger partial charge in [0.15, 0.2) is 0 Å². The third-order valence-corrected chi connectivity index (χ3v) is 4.32.